The summed E-state index contributed by atoms with van der Waals surface area (Å²) in [5.41, 5.74) is 0.320. The zero-order valence-corrected chi connectivity index (χ0v) is 11.8. The molecule has 0 radical (unpaired) electrons. The van der Waals surface area contributed by atoms with Crippen molar-refractivity contribution in [1.29, 1.82) is 0 Å². The molecule has 0 saturated heterocycles. The van der Waals surface area contributed by atoms with Gasteiger partial charge in [-0.1, -0.05) is 32.9 Å². The van der Waals surface area contributed by atoms with E-state index < -0.39 is 9.04 Å². The number of hydrogen-bond donors (Lipinski definition) is 0. The van der Waals surface area contributed by atoms with E-state index in [0.717, 1.165) is 12.7 Å². The van der Waals surface area contributed by atoms with Crippen LogP contribution in [0.1, 0.15) is 33.6 Å². The molecule has 0 rings (SSSR count). The molecular weight excluding hydrogens is 204 g/mol. The highest BCUT2D eigenvalue weighted by atomic mass is 28.3. The van der Waals surface area contributed by atoms with E-state index in [9.17, 15) is 4.79 Å². The quantitative estimate of drug-likeness (QED) is 0.397. The van der Waals surface area contributed by atoms with Gasteiger partial charge in [0.2, 0.25) is 0 Å². The summed E-state index contributed by atoms with van der Waals surface area (Å²) in [6.45, 7) is 10.8. The van der Waals surface area contributed by atoms with Crippen molar-refractivity contribution in [3.63, 3.8) is 0 Å². The molecule has 0 aliphatic heterocycles. The molecule has 0 N–H and O–H groups in total. The maximum atomic E-state index is 10.7. The van der Waals surface area contributed by atoms with Gasteiger partial charge >= 0.3 is 0 Å². The first-order valence-electron chi connectivity index (χ1n) is 5.61. The molecule has 0 aromatic carbocycles. The van der Waals surface area contributed by atoms with Crippen LogP contribution in [0.5, 0.6) is 0 Å². The third-order valence-electron chi connectivity index (χ3n) is 1.86. The van der Waals surface area contributed by atoms with Gasteiger partial charge in [-0.3, -0.25) is 0 Å². The van der Waals surface area contributed by atoms with Crippen molar-refractivity contribution in [2.75, 3.05) is 0 Å². The molecule has 0 aliphatic rings. The predicted molar refractivity (Wildman–Crippen MR) is 67.6 cm³/mol. The zero-order chi connectivity index (χ0) is 11.9. The third kappa shape index (κ3) is 9.88. The maximum Gasteiger partial charge on any atom is 0.171 e. The summed E-state index contributed by atoms with van der Waals surface area (Å²) in [5, 5.41) is 0. The molecule has 88 valence electrons. The van der Waals surface area contributed by atoms with Crippen LogP contribution in [0.2, 0.25) is 13.1 Å². The van der Waals surface area contributed by atoms with Crippen LogP contribution in [-0.2, 0) is 9.22 Å². The van der Waals surface area contributed by atoms with Crippen LogP contribution in [0.25, 0.3) is 0 Å². The van der Waals surface area contributed by atoms with E-state index in [1.165, 1.54) is 0 Å². The van der Waals surface area contributed by atoms with E-state index in [2.05, 4.69) is 46.0 Å². The lowest BCUT2D eigenvalue weighted by molar-refractivity contribution is -0.113. The van der Waals surface area contributed by atoms with E-state index in [1.807, 2.05) is 0 Å². The third-order valence-corrected chi connectivity index (χ3v) is 2.76. The first-order valence-corrected chi connectivity index (χ1v) is 8.39. The van der Waals surface area contributed by atoms with Crippen molar-refractivity contribution in [3.05, 3.63) is 12.2 Å². The number of aldehydes is 1. The van der Waals surface area contributed by atoms with Crippen molar-refractivity contribution in [2.24, 2.45) is 5.41 Å². The number of carbonyl (C=O) groups is 1. The number of allylic oxidation sites excluding steroid dienone is 1. The monoisotopic (exact) mass is 228 g/mol. The van der Waals surface area contributed by atoms with E-state index in [1.54, 1.807) is 0 Å². The van der Waals surface area contributed by atoms with Crippen LogP contribution in [-0.4, -0.2) is 21.4 Å². The minimum Gasteiger partial charge on any atom is -0.411 e. The lowest BCUT2D eigenvalue weighted by Gasteiger charge is -2.15. The van der Waals surface area contributed by atoms with Crippen LogP contribution in [0.15, 0.2) is 12.2 Å². The second-order valence-corrected chi connectivity index (χ2v) is 7.70. The molecule has 0 saturated carbocycles. The summed E-state index contributed by atoms with van der Waals surface area (Å²) >= 11 is 0. The molecule has 0 spiro atoms. The van der Waals surface area contributed by atoms with Crippen LogP contribution < -0.4 is 0 Å². The molecule has 1 atom stereocenters. The molecule has 15 heavy (non-hydrogen) atoms. The van der Waals surface area contributed by atoms with E-state index in [0.29, 0.717) is 11.8 Å². The molecule has 0 aromatic rings. The Balaban J connectivity index is 3.85. The van der Waals surface area contributed by atoms with Crippen LogP contribution in [0.4, 0.5) is 0 Å². The largest absolute Gasteiger partial charge is 0.411 e. The second-order valence-electron chi connectivity index (χ2n) is 5.33. The molecule has 0 aromatic heterocycles. The van der Waals surface area contributed by atoms with Gasteiger partial charge in [0.15, 0.2) is 9.04 Å². The van der Waals surface area contributed by atoms with E-state index in [4.69, 9.17) is 4.43 Å². The van der Waals surface area contributed by atoms with Gasteiger partial charge in [0.1, 0.15) is 12.4 Å². The van der Waals surface area contributed by atoms with E-state index in [-0.39, 0.29) is 6.10 Å². The molecule has 0 aliphatic carbocycles. The Morgan fingerprint density at radius 2 is 1.87 bits per heavy atom. The summed E-state index contributed by atoms with van der Waals surface area (Å²) in [4.78, 5) is 10.7. The van der Waals surface area contributed by atoms with Crippen LogP contribution >= 0.6 is 0 Å². The smallest absolute Gasteiger partial charge is 0.171 e. The minimum absolute atomic E-state index is 0.229. The SMILES string of the molecule is C[SiH](C)OC(C=O)CC=CCC(C)(C)C. The molecule has 0 amide bonds. The zero-order valence-electron chi connectivity index (χ0n) is 10.6. The first-order chi connectivity index (χ1) is 6.85. The van der Waals surface area contributed by atoms with Crippen molar-refractivity contribution in [2.45, 2.75) is 52.8 Å². The highest BCUT2D eigenvalue weighted by Crippen LogP contribution is 2.18. The van der Waals surface area contributed by atoms with Gasteiger partial charge in [-0.25, -0.2) is 0 Å². The van der Waals surface area contributed by atoms with Crippen LogP contribution in [0.3, 0.4) is 0 Å². The highest BCUT2D eigenvalue weighted by molar-refractivity contribution is 6.48. The Morgan fingerprint density at radius 3 is 2.27 bits per heavy atom. The van der Waals surface area contributed by atoms with Crippen LogP contribution in [0, 0.1) is 5.41 Å². The van der Waals surface area contributed by atoms with Gasteiger partial charge in [0.05, 0.1) is 0 Å². The van der Waals surface area contributed by atoms with Crippen molar-refractivity contribution in [3.8, 4) is 0 Å². The highest BCUT2D eigenvalue weighted by Gasteiger charge is 2.09. The van der Waals surface area contributed by atoms with Gasteiger partial charge in [-0.15, -0.1) is 0 Å². The molecule has 2 nitrogen and oxygen atoms in total. The summed E-state index contributed by atoms with van der Waals surface area (Å²) in [6, 6.07) is 0. The molecule has 1 unspecified atom stereocenters. The minimum atomic E-state index is -1.10. The normalized spacial score (nSPS) is 14.8. The predicted octanol–water partition coefficient (Wildman–Crippen LogP) is 2.94. The van der Waals surface area contributed by atoms with Gasteiger partial charge in [0, 0.05) is 0 Å². The molecule has 0 bridgehead atoms. The Morgan fingerprint density at radius 1 is 1.27 bits per heavy atom. The Bertz CT molecular complexity index is 204. The average Bonchev–Trinajstić information content (AvgIpc) is 2.08. The first kappa shape index (κ1) is 14.6. The lowest BCUT2D eigenvalue weighted by Crippen LogP contribution is -2.21. The van der Waals surface area contributed by atoms with E-state index >= 15 is 0 Å². The summed E-state index contributed by atoms with van der Waals surface area (Å²) in [7, 11) is -1.10. The molecule has 0 heterocycles. The average molecular weight is 228 g/mol. The number of hydrogen-bond acceptors (Lipinski definition) is 2. The maximum absolute atomic E-state index is 10.7. The lowest BCUT2D eigenvalue weighted by atomic mass is 9.92. The fourth-order valence-electron chi connectivity index (χ4n) is 1.16. The topological polar surface area (TPSA) is 26.3 Å². The Labute approximate surface area is 95.4 Å². The van der Waals surface area contributed by atoms with Gasteiger partial charge in [-0.2, -0.15) is 0 Å². The van der Waals surface area contributed by atoms with Gasteiger partial charge < -0.3 is 9.22 Å². The standard InChI is InChI=1S/C12H24O2Si/c1-12(2,3)9-7-6-8-11(10-13)14-15(4)5/h6-7,10-11,15H,8-9H2,1-5H3. The second kappa shape index (κ2) is 6.96. The summed E-state index contributed by atoms with van der Waals surface area (Å²) < 4.78 is 5.55. The Hall–Kier alpha value is -0.413. The molecular formula is C12H24O2Si. The van der Waals surface area contributed by atoms with Crippen molar-refractivity contribution in [1.82, 2.24) is 0 Å². The van der Waals surface area contributed by atoms with Gasteiger partial charge in [-0.05, 0) is 31.4 Å². The number of carbonyl (C=O) groups excluding carboxylic acids is 1. The molecule has 3 heteroatoms. The summed E-state index contributed by atoms with van der Waals surface area (Å²) in [5.74, 6) is 0. The van der Waals surface area contributed by atoms with Gasteiger partial charge in [0.25, 0.3) is 0 Å². The summed E-state index contributed by atoms with van der Waals surface area (Å²) in [6.07, 6.45) is 6.63. The Kier molecular flexibility index (Phi) is 6.77. The molecule has 0 fully saturated rings. The fraction of sp³-hybridized carbons (Fsp3) is 0.750. The number of rotatable bonds is 6. The fourth-order valence-corrected chi connectivity index (χ4v) is 2.03. The van der Waals surface area contributed by atoms with Crippen molar-refractivity contribution >= 4 is 15.3 Å². The van der Waals surface area contributed by atoms with Crippen molar-refractivity contribution < 1.29 is 9.22 Å².